The highest BCUT2D eigenvalue weighted by atomic mass is 15.4. The monoisotopic (exact) mass is 347 g/mol. The summed E-state index contributed by atoms with van der Waals surface area (Å²) in [5.41, 5.74) is 4.14. The van der Waals surface area contributed by atoms with Gasteiger partial charge in [-0.1, -0.05) is 12.1 Å². The van der Waals surface area contributed by atoms with Crippen molar-refractivity contribution in [1.82, 2.24) is 29.5 Å². The lowest BCUT2D eigenvalue weighted by atomic mass is 10.3. The average Bonchev–Trinajstić information content (AvgIpc) is 3.14. The third kappa shape index (κ3) is 2.81. The van der Waals surface area contributed by atoms with Crippen LogP contribution in [0, 0.1) is 13.8 Å². The number of anilines is 1. The highest BCUT2D eigenvalue weighted by molar-refractivity contribution is 5.75. The van der Waals surface area contributed by atoms with Crippen molar-refractivity contribution in [3.8, 4) is 5.82 Å². The van der Waals surface area contributed by atoms with Crippen molar-refractivity contribution in [2.45, 2.75) is 20.4 Å². The quantitative estimate of drug-likeness (QED) is 0.568. The van der Waals surface area contributed by atoms with Gasteiger partial charge in [0.1, 0.15) is 5.82 Å². The van der Waals surface area contributed by atoms with E-state index < -0.39 is 0 Å². The van der Waals surface area contributed by atoms with Crippen LogP contribution in [0.4, 0.5) is 5.82 Å². The number of rotatable bonds is 4. The zero-order valence-electron chi connectivity index (χ0n) is 15.4. The van der Waals surface area contributed by atoms with Crippen molar-refractivity contribution in [1.29, 1.82) is 0 Å². The van der Waals surface area contributed by atoms with E-state index in [-0.39, 0.29) is 0 Å². The summed E-state index contributed by atoms with van der Waals surface area (Å²) in [5, 5.41) is 13.1. The van der Waals surface area contributed by atoms with Crippen LogP contribution in [-0.4, -0.2) is 36.6 Å². The number of para-hydroxylation sites is 2. The fraction of sp³-hybridized carbons (Fsp3) is 0.263. The summed E-state index contributed by atoms with van der Waals surface area (Å²) in [5.74, 6) is 2.50. The number of fused-ring (bicyclic) bond motifs is 1. The van der Waals surface area contributed by atoms with Crippen LogP contribution in [0.3, 0.4) is 0 Å². The summed E-state index contributed by atoms with van der Waals surface area (Å²) in [6.45, 7) is 4.63. The number of aromatic nitrogens is 6. The predicted molar refractivity (Wildman–Crippen MR) is 101 cm³/mol. The first-order chi connectivity index (χ1) is 12.5. The van der Waals surface area contributed by atoms with Gasteiger partial charge < -0.3 is 9.47 Å². The minimum Gasteiger partial charge on any atom is -0.351 e. The van der Waals surface area contributed by atoms with Gasteiger partial charge in [0, 0.05) is 19.8 Å². The van der Waals surface area contributed by atoms with Gasteiger partial charge in [-0.2, -0.15) is 5.10 Å². The van der Waals surface area contributed by atoms with E-state index in [1.807, 2.05) is 69.2 Å². The van der Waals surface area contributed by atoms with Gasteiger partial charge in [0.15, 0.2) is 11.6 Å². The molecule has 7 heteroatoms. The van der Waals surface area contributed by atoms with Gasteiger partial charge in [0.2, 0.25) is 0 Å². The molecular weight excluding hydrogens is 326 g/mol. The molecule has 0 spiro atoms. The van der Waals surface area contributed by atoms with E-state index >= 15 is 0 Å². The molecule has 3 heterocycles. The molecule has 1 aromatic carbocycles. The fourth-order valence-corrected chi connectivity index (χ4v) is 3.13. The molecule has 3 aromatic heterocycles. The molecule has 132 valence electrons. The summed E-state index contributed by atoms with van der Waals surface area (Å²) in [7, 11) is 4.03. The maximum atomic E-state index is 4.72. The van der Waals surface area contributed by atoms with Crippen LogP contribution in [-0.2, 0) is 13.6 Å². The fourth-order valence-electron chi connectivity index (χ4n) is 3.13. The van der Waals surface area contributed by atoms with Crippen LogP contribution >= 0.6 is 0 Å². The molecular formula is C19H21N7. The number of benzene rings is 1. The van der Waals surface area contributed by atoms with Crippen LogP contribution < -0.4 is 4.90 Å². The van der Waals surface area contributed by atoms with Crippen molar-refractivity contribution < 1.29 is 0 Å². The van der Waals surface area contributed by atoms with Crippen molar-refractivity contribution in [2.24, 2.45) is 7.05 Å². The molecule has 4 aromatic rings. The molecule has 4 rings (SSSR count). The molecule has 26 heavy (non-hydrogen) atoms. The highest BCUT2D eigenvalue weighted by Gasteiger charge is 2.12. The van der Waals surface area contributed by atoms with E-state index in [0.717, 1.165) is 39.9 Å². The number of imidazole rings is 1. The molecule has 0 atom stereocenters. The molecule has 0 aliphatic heterocycles. The first-order valence-electron chi connectivity index (χ1n) is 8.52. The van der Waals surface area contributed by atoms with Gasteiger partial charge in [0.05, 0.1) is 23.3 Å². The Kier molecular flexibility index (Phi) is 3.91. The summed E-state index contributed by atoms with van der Waals surface area (Å²) in [6, 6.07) is 14.1. The molecule has 0 radical (unpaired) electrons. The number of hydrogen-bond donors (Lipinski definition) is 0. The Hall–Kier alpha value is -3.22. The van der Waals surface area contributed by atoms with Crippen LogP contribution in [0.15, 0.2) is 42.5 Å². The molecule has 0 fully saturated rings. The van der Waals surface area contributed by atoms with Crippen molar-refractivity contribution in [3.63, 3.8) is 0 Å². The van der Waals surface area contributed by atoms with Gasteiger partial charge in [0.25, 0.3) is 0 Å². The Morgan fingerprint density at radius 1 is 1.04 bits per heavy atom. The topological polar surface area (TPSA) is 64.7 Å². The first-order valence-corrected chi connectivity index (χ1v) is 8.52. The zero-order valence-corrected chi connectivity index (χ0v) is 15.4. The summed E-state index contributed by atoms with van der Waals surface area (Å²) < 4.78 is 3.92. The zero-order chi connectivity index (χ0) is 18.3. The Morgan fingerprint density at radius 3 is 2.50 bits per heavy atom. The van der Waals surface area contributed by atoms with Gasteiger partial charge in [-0.25, -0.2) is 9.67 Å². The molecule has 0 aliphatic carbocycles. The molecule has 0 saturated carbocycles. The van der Waals surface area contributed by atoms with E-state index in [2.05, 4.69) is 25.9 Å². The third-order valence-electron chi connectivity index (χ3n) is 4.51. The summed E-state index contributed by atoms with van der Waals surface area (Å²) >= 11 is 0. The molecule has 0 aliphatic rings. The maximum Gasteiger partial charge on any atom is 0.176 e. The van der Waals surface area contributed by atoms with Crippen molar-refractivity contribution in [2.75, 3.05) is 11.9 Å². The Morgan fingerprint density at radius 2 is 1.85 bits per heavy atom. The molecule has 0 N–H and O–H groups in total. The lowest BCUT2D eigenvalue weighted by Crippen LogP contribution is -2.20. The summed E-state index contributed by atoms with van der Waals surface area (Å²) in [4.78, 5) is 6.76. The first kappa shape index (κ1) is 16.3. The van der Waals surface area contributed by atoms with E-state index in [0.29, 0.717) is 6.54 Å². The van der Waals surface area contributed by atoms with Gasteiger partial charge in [-0.15, -0.1) is 10.2 Å². The lowest BCUT2D eigenvalue weighted by Gasteiger charge is -2.17. The highest BCUT2D eigenvalue weighted by Crippen LogP contribution is 2.18. The smallest absolute Gasteiger partial charge is 0.176 e. The van der Waals surface area contributed by atoms with Gasteiger partial charge >= 0.3 is 0 Å². The van der Waals surface area contributed by atoms with Crippen LogP contribution in [0.25, 0.3) is 16.9 Å². The third-order valence-corrected chi connectivity index (χ3v) is 4.51. The minimum atomic E-state index is 0.652. The van der Waals surface area contributed by atoms with Gasteiger partial charge in [-0.3, -0.25) is 0 Å². The maximum absolute atomic E-state index is 4.72. The molecule has 0 amide bonds. The SMILES string of the molecule is Cc1cc(C)n(-c2ccc(N(C)Cc3nc4ccccc4n3C)nn2)n1. The molecule has 0 unspecified atom stereocenters. The van der Waals surface area contributed by atoms with Gasteiger partial charge in [-0.05, 0) is 44.2 Å². The second-order valence-electron chi connectivity index (χ2n) is 6.52. The molecule has 0 saturated heterocycles. The number of nitrogens with zero attached hydrogens (tertiary/aromatic N) is 7. The Labute approximate surface area is 151 Å². The van der Waals surface area contributed by atoms with Crippen molar-refractivity contribution in [3.05, 3.63) is 59.7 Å². The van der Waals surface area contributed by atoms with Crippen LogP contribution in [0.5, 0.6) is 0 Å². The average molecular weight is 347 g/mol. The number of aryl methyl sites for hydroxylation is 3. The normalized spacial score (nSPS) is 11.2. The summed E-state index contributed by atoms with van der Waals surface area (Å²) in [6.07, 6.45) is 0. The standard InChI is InChI=1S/C19H21N7/c1-13-11-14(2)26(23-13)18-10-9-17(21-22-18)24(3)12-19-20-15-7-5-6-8-16(15)25(19)4/h5-11H,12H2,1-4H3. The van der Waals surface area contributed by atoms with E-state index in [4.69, 9.17) is 4.98 Å². The Balaban J connectivity index is 1.57. The van der Waals surface area contributed by atoms with Crippen LogP contribution in [0.1, 0.15) is 17.2 Å². The van der Waals surface area contributed by atoms with E-state index in [1.54, 1.807) is 4.68 Å². The van der Waals surface area contributed by atoms with Crippen LogP contribution in [0.2, 0.25) is 0 Å². The second-order valence-corrected chi connectivity index (χ2v) is 6.52. The van der Waals surface area contributed by atoms with Crippen molar-refractivity contribution >= 4 is 16.9 Å². The molecule has 7 nitrogen and oxygen atoms in total. The lowest BCUT2D eigenvalue weighted by molar-refractivity contribution is 0.747. The number of hydrogen-bond acceptors (Lipinski definition) is 5. The molecule has 0 bridgehead atoms. The largest absolute Gasteiger partial charge is 0.351 e. The van der Waals surface area contributed by atoms with E-state index in [1.165, 1.54) is 0 Å². The minimum absolute atomic E-state index is 0.652. The van der Waals surface area contributed by atoms with E-state index in [9.17, 15) is 0 Å². The second kappa shape index (κ2) is 6.25. The Bertz CT molecular complexity index is 1060. The predicted octanol–water partition coefficient (Wildman–Crippen LogP) is 2.80.